The second kappa shape index (κ2) is 6.99. The summed E-state index contributed by atoms with van der Waals surface area (Å²) in [6.07, 6.45) is -1.40. The molecule has 3 heterocycles. The summed E-state index contributed by atoms with van der Waals surface area (Å²) in [4.78, 5) is 16.7. The summed E-state index contributed by atoms with van der Waals surface area (Å²) in [5.74, 6) is 1.29. The molecular weight excluding hydrogens is 411 g/mol. The van der Waals surface area contributed by atoms with E-state index in [1.54, 1.807) is 32.3 Å². The second-order valence-electron chi connectivity index (χ2n) is 6.17. The number of nitrogens with one attached hydrogen (secondary N) is 1. The fourth-order valence-corrected chi connectivity index (χ4v) is 2.98. The fraction of sp³-hybridized carbons (Fsp3) is 0.235. The zero-order valence-corrected chi connectivity index (χ0v) is 15.8. The highest BCUT2D eigenvalue weighted by Crippen LogP contribution is 2.36. The molecule has 29 heavy (non-hydrogen) atoms. The summed E-state index contributed by atoms with van der Waals surface area (Å²) in [5, 5.41) is 7.06. The number of alkyl halides is 3. The summed E-state index contributed by atoms with van der Waals surface area (Å²) in [7, 11) is 0. The minimum Gasteiger partial charge on any atom is -0.422 e. The maximum absolute atomic E-state index is 13.0. The molecule has 0 spiro atoms. The fourth-order valence-electron chi connectivity index (χ4n) is 2.73. The predicted octanol–water partition coefficient (Wildman–Crippen LogP) is 4.35. The van der Waals surface area contributed by atoms with Crippen molar-refractivity contribution in [2.45, 2.75) is 26.1 Å². The van der Waals surface area contributed by atoms with E-state index in [4.69, 9.17) is 16.0 Å². The number of benzene rings is 1. The van der Waals surface area contributed by atoms with Crippen molar-refractivity contribution in [2.24, 2.45) is 0 Å². The van der Waals surface area contributed by atoms with Crippen molar-refractivity contribution >= 4 is 28.7 Å². The van der Waals surface area contributed by atoms with E-state index in [0.717, 1.165) is 12.1 Å². The van der Waals surface area contributed by atoms with Gasteiger partial charge >= 0.3 is 6.18 Å². The van der Waals surface area contributed by atoms with Crippen molar-refractivity contribution in [1.82, 2.24) is 29.7 Å². The summed E-state index contributed by atoms with van der Waals surface area (Å²) >= 11 is 5.94. The smallest absolute Gasteiger partial charge is 0.416 e. The molecule has 150 valence electrons. The number of halogens is 4. The molecule has 0 unspecified atom stereocenters. The maximum Gasteiger partial charge on any atom is 0.416 e. The van der Waals surface area contributed by atoms with Crippen LogP contribution in [0.25, 0.3) is 17.0 Å². The molecule has 0 bridgehead atoms. The molecule has 0 amide bonds. The van der Waals surface area contributed by atoms with Gasteiger partial charge in [0.25, 0.3) is 12.0 Å². The van der Waals surface area contributed by atoms with Gasteiger partial charge in [-0.15, -0.1) is 5.10 Å². The van der Waals surface area contributed by atoms with E-state index in [1.165, 1.54) is 4.68 Å². The molecule has 0 fully saturated rings. The van der Waals surface area contributed by atoms with Gasteiger partial charge in [0.15, 0.2) is 11.4 Å². The van der Waals surface area contributed by atoms with Crippen molar-refractivity contribution in [1.29, 1.82) is 0 Å². The average molecular weight is 424 g/mol. The van der Waals surface area contributed by atoms with Crippen LogP contribution in [0.4, 0.5) is 19.2 Å². The quantitative estimate of drug-likeness (QED) is 0.521. The minimum absolute atomic E-state index is 0.00472. The Balaban J connectivity index is 1.67. The van der Waals surface area contributed by atoms with Gasteiger partial charge in [-0.1, -0.05) is 11.6 Å². The molecule has 8 nitrogen and oxygen atoms in total. The van der Waals surface area contributed by atoms with Gasteiger partial charge in [0.05, 0.1) is 16.6 Å². The van der Waals surface area contributed by atoms with E-state index in [2.05, 4.69) is 30.4 Å². The van der Waals surface area contributed by atoms with E-state index < -0.39 is 17.8 Å². The zero-order valence-electron chi connectivity index (χ0n) is 15.1. The Labute approximate surface area is 166 Å². The normalized spacial score (nSPS) is 13.0. The van der Waals surface area contributed by atoms with E-state index >= 15 is 0 Å². The molecule has 1 aromatic carbocycles. The summed E-state index contributed by atoms with van der Waals surface area (Å²) in [5.41, 5.74) is -0.860. The van der Waals surface area contributed by atoms with Crippen LogP contribution in [0.2, 0.25) is 5.02 Å². The van der Waals surface area contributed by atoms with Crippen molar-refractivity contribution in [3.05, 3.63) is 52.8 Å². The first-order valence-electron chi connectivity index (χ1n) is 8.37. The van der Waals surface area contributed by atoms with Crippen LogP contribution >= 0.6 is 11.6 Å². The number of nitrogens with zero attached hydrogens (tertiary/aromatic N) is 6. The number of hydrogen-bond donors (Lipinski definition) is 1. The van der Waals surface area contributed by atoms with E-state index in [0.29, 0.717) is 17.6 Å². The van der Waals surface area contributed by atoms with Gasteiger partial charge in [0.2, 0.25) is 0 Å². The Morgan fingerprint density at radius 1 is 1.17 bits per heavy atom. The molecule has 4 rings (SSSR count). The lowest BCUT2D eigenvalue weighted by molar-refractivity contribution is -0.137. The molecule has 1 N–H and O–H groups in total. The molecular formula is C17H13ClF3N7O. The first kappa shape index (κ1) is 19.1. The van der Waals surface area contributed by atoms with Crippen LogP contribution in [-0.2, 0) is 6.18 Å². The molecule has 12 heteroatoms. The second-order valence-corrected chi connectivity index (χ2v) is 6.57. The predicted molar refractivity (Wildman–Crippen MR) is 97.7 cm³/mol. The van der Waals surface area contributed by atoms with Crippen molar-refractivity contribution in [3.63, 3.8) is 0 Å². The van der Waals surface area contributed by atoms with Crippen LogP contribution in [-0.4, -0.2) is 29.7 Å². The van der Waals surface area contributed by atoms with Crippen LogP contribution in [0.5, 0.6) is 0 Å². The Morgan fingerprint density at radius 2 is 1.90 bits per heavy atom. The maximum atomic E-state index is 13.0. The molecule has 0 aliphatic heterocycles. The van der Waals surface area contributed by atoms with Crippen molar-refractivity contribution < 1.29 is 17.6 Å². The number of fused-ring (bicyclic) bond motifs is 1. The molecule has 0 saturated carbocycles. The third-order valence-electron chi connectivity index (χ3n) is 3.98. The lowest BCUT2D eigenvalue weighted by Gasteiger charge is -2.11. The lowest BCUT2D eigenvalue weighted by atomic mass is 10.2. The molecule has 0 radical (unpaired) electrons. The van der Waals surface area contributed by atoms with E-state index in [1.807, 2.05) is 0 Å². The lowest BCUT2D eigenvalue weighted by Crippen LogP contribution is -2.15. The SMILES string of the molecule is Cc1nc([C@H](C)Nc2nc3cc(C(F)(F)F)cc(Cl)c3o2)n(-c2ncccn2)n1. The topological polar surface area (TPSA) is 94.6 Å². The van der Waals surface area contributed by atoms with Crippen LogP contribution in [0.3, 0.4) is 0 Å². The summed E-state index contributed by atoms with van der Waals surface area (Å²) < 4.78 is 45.9. The van der Waals surface area contributed by atoms with Gasteiger partial charge in [0, 0.05) is 12.4 Å². The Morgan fingerprint density at radius 3 is 2.59 bits per heavy atom. The van der Waals surface area contributed by atoms with Gasteiger partial charge in [-0.05, 0) is 32.0 Å². The first-order chi connectivity index (χ1) is 13.7. The number of anilines is 1. The molecule has 0 saturated heterocycles. The monoisotopic (exact) mass is 423 g/mol. The molecule has 0 aliphatic carbocycles. The van der Waals surface area contributed by atoms with Crippen LogP contribution in [0.1, 0.15) is 30.2 Å². The van der Waals surface area contributed by atoms with Gasteiger partial charge in [-0.3, -0.25) is 0 Å². The number of aromatic nitrogens is 6. The number of hydrogen-bond acceptors (Lipinski definition) is 7. The van der Waals surface area contributed by atoms with Gasteiger partial charge in [-0.2, -0.15) is 22.8 Å². The summed E-state index contributed by atoms with van der Waals surface area (Å²) in [6.45, 7) is 3.48. The third-order valence-corrected chi connectivity index (χ3v) is 4.26. The molecule has 3 aromatic heterocycles. The molecule has 1 atom stereocenters. The van der Waals surface area contributed by atoms with E-state index in [9.17, 15) is 13.2 Å². The average Bonchev–Trinajstić information content (AvgIpc) is 3.25. The number of oxazole rings is 1. The minimum atomic E-state index is -4.54. The largest absolute Gasteiger partial charge is 0.422 e. The van der Waals surface area contributed by atoms with Crippen LogP contribution in [0.15, 0.2) is 35.0 Å². The Bertz CT molecular complexity index is 1170. The highest BCUT2D eigenvalue weighted by molar-refractivity contribution is 6.34. The zero-order chi connectivity index (χ0) is 20.8. The van der Waals surface area contributed by atoms with Gasteiger partial charge in [-0.25, -0.2) is 15.0 Å². The van der Waals surface area contributed by atoms with Crippen LogP contribution < -0.4 is 5.32 Å². The van der Waals surface area contributed by atoms with Crippen LogP contribution in [0, 0.1) is 6.92 Å². The van der Waals surface area contributed by atoms with Gasteiger partial charge in [0.1, 0.15) is 11.3 Å². The van der Waals surface area contributed by atoms with Crippen molar-refractivity contribution in [2.75, 3.05) is 5.32 Å². The highest BCUT2D eigenvalue weighted by Gasteiger charge is 2.32. The molecule has 0 aliphatic rings. The highest BCUT2D eigenvalue weighted by atomic mass is 35.5. The number of aryl methyl sites for hydroxylation is 1. The first-order valence-corrected chi connectivity index (χ1v) is 8.75. The Hall–Kier alpha value is -3.21. The number of rotatable bonds is 4. The van der Waals surface area contributed by atoms with Crippen molar-refractivity contribution in [3.8, 4) is 5.95 Å². The third kappa shape index (κ3) is 3.73. The summed E-state index contributed by atoms with van der Waals surface area (Å²) in [6, 6.07) is 2.87. The molecule has 4 aromatic rings. The standard InChI is InChI=1S/C17H13ClF3N7O/c1-8(14-25-9(2)27-28(14)15-22-4-3-5-23-15)24-16-26-12-7-10(17(19,20)21)6-11(18)13(12)29-16/h3-8H,1-2H3,(H,24,26)/t8-/m0/s1. The Kier molecular flexibility index (Phi) is 4.61. The van der Waals surface area contributed by atoms with E-state index in [-0.39, 0.29) is 22.1 Å². The van der Waals surface area contributed by atoms with Gasteiger partial charge < -0.3 is 9.73 Å².